The largest absolute Gasteiger partial charge is 0.455 e. The molecule has 0 amide bonds. The molecule has 3 nitrogen and oxygen atoms in total. The van der Waals surface area contributed by atoms with Crippen molar-refractivity contribution in [1.29, 1.82) is 0 Å². The molecule has 12 rings (SSSR count). The summed E-state index contributed by atoms with van der Waals surface area (Å²) in [7, 11) is 0. The minimum absolute atomic E-state index is 0.330. The molecule has 0 aliphatic heterocycles. The first-order valence-electron chi connectivity index (χ1n) is 22.8. The first-order valence-corrected chi connectivity index (χ1v) is 22.8. The Balaban J connectivity index is 1.14. The van der Waals surface area contributed by atoms with Crippen LogP contribution in [0.3, 0.4) is 0 Å². The Hall–Kier alpha value is -8.40. The number of furan rings is 1. The minimum atomic E-state index is -0.330. The SMILES string of the molecule is CC1(C)c2cccc(N(c3ccccc3)c3cc(-c4ccccc4)c4oc5c(-c6ccccc6)cc(-c6ccccc6)cc5c4c3)c2-c2cccc(N(c3ccccc3)c3ccccc3)c21. The fourth-order valence-electron chi connectivity index (χ4n) is 10.4. The van der Waals surface area contributed by atoms with Crippen LogP contribution in [0.5, 0.6) is 0 Å². The summed E-state index contributed by atoms with van der Waals surface area (Å²) >= 11 is 0. The number of hydrogen-bond acceptors (Lipinski definition) is 3. The highest BCUT2D eigenvalue weighted by Gasteiger charge is 2.41. The van der Waals surface area contributed by atoms with Gasteiger partial charge in [-0.15, -0.1) is 0 Å². The molecule has 1 aliphatic carbocycles. The van der Waals surface area contributed by atoms with Crippen LogP contribution in [0.15, 0.2) is 247 Å². The van der Waals surface area contributed by atoms with Gasteiger partial charge in [-0.1, -0.05) is 184 Å². The number of rotatable bonds is 9. The van der Waals surface area contributed by atoms with Crippen LogP contribution in [0.1, 0.15) is 25.0 Å². The van der Waals surface area contributed by atoms with Gasteiger partial charge in [-0.05, 0) is 112 Å². The lowest BCUT2D eigenvalue weighted by Gasteiger charge is -2.32. The fraction of sp³-hybridized carbons (Fsp3) is 0.0476. The molecule has 1 aromatic heterocycles. The number of anilines is 6. The van der Waals surface area contributed by atoms with Crippen LogP contribution in [0.25, 0.3) is 66.4 Å². The summed E-state index contributed by atoms with van der Waals surface area (Å²) in [4.78, 5) is 4.88. The molecule has 1 heterocycles. The average Bonchev–Trinajstić information content (AvgIpc) is 3.87. The molecule has 0 N–H and O–H groups in total. The Kier molecular flexibility index (Phi) is 9.50. The van der Waals surface area contributed by atoms with Crippen LogP contribution in [0, 0.1) is 0 Å². The lowest BCUT2D eigenvalue weighted by Crippen LogP contribution is -2.20. The smallest absolute Gasteiger partial charge is 0.143 e. The molecular weight excluding hydrogens is 801 g/mol. The van der Waals surface area contributed by atoms with E-state index in [0.717, 1.165) is 83.8 Å². The van der Waals surface area contributed by atoms with E-state index >= 15 is 0 Å². The average molecular weight is 847 g/mol. The van der Waals surface area contributed by atoms with Crippen LogP contribution in [0.4, 0.5) is 34.1 Å². The van der Waals surface area contributed by atoms with Crippen molar-refractivity contribution in [3.8, 4) is 44.5 Å². The zero-order valence-corrected chi connectivity index (χ0v) is 36.9. The van der Waals surface area contributed by atoms with Gasteiger partial charge in [-0.25, -0.2) is 0 Å². The van der Waals surface area contributed by atoms with Gasteiger partial charge in [0.1, 0.15) is 11.2 Å². The molecule has 1 aliphatic rings. The number of benzene rings is 10. The van der Waals surface area contributed by atoms with Gasteiger partial charge in [0, 0.05) is 55.6 Å². The van der Waals surface area contributed by atoms with E-state index in [4.69, 9.17) is 4.42 Å². The maximum Gasteiger partial charge on any atom is 0.143 e. The van der Waals surface area contributed by atoms with E-state index in [0.29, 0.717) is 0 Å². The zero-order chi connectivity index (χ0) is 44.2. The summed E-state index contributed by atoms with van der Waals surface area (Å²) in [6.07, 6.45) is 0. The van der Waals surface area contributed by atoms with E-state index in [-0.39, 0.29) is 5.41 Å². The van der Waals surface area contributed by atoms with Gasteiger partial charge in [-0.3, -0.25) is 0 Å². The number of fused-ring (bicyclic) bond motifs is 6. The Bertz CT molecular complexity index is 3490. The maximum absolute atomic E-state index is 7.19. The second kappa shape index (κ2) is 16.0. The Morgan fingerprint density at radius 3 is 1.32 bits per heavy atom. The monoisotopic (exact) mass is 846 g/mol. The summed E-state index contributed by atoms with van der Waals surface area (Å²) in [5.41, 5.74) is 19.8. The van der Waals surface area contributed by atoms with Gasteiger partial charge in [0.15, 0.2) is 0 Å². The zero-order valence-electron chi connectivity index (χ0n) is 36.9. The van der Waals surface area contributed by atoms with E-state index < -0.39 is 0 Å². The van der Waals surface area contributed by atoms with Crippen LogP contribution in [-0.4, -0.2) is 0 Å². The first kappa shape index (κ1) is 39.2. The molecule has 0 spiro atoms. The van der Waals surface area contributed by atoms with Crippen LogP contribution in [-0.2, 0) is 5.41 Å². The molecule has 11 aromatic rings. The summed E-state index contributed by atoms with van der Waals surface area (Å²) in [5.74, 6) is 0. The topological polar surface area (TPSA) is 19.6 Å². The molecule has 0 saturated heterocycles. The number of hydrogen-bond donors (Lipinski definition) is 0. The van der Waals surface area contributed by atoms with E-state index in [1.807, 2.05) is 0 Å². The van der Waals surface area contributed by atoms with E-state index in [1.165, 1.54) is 27.9 Å². The summed E-state index contributed by atoms with van der Waals surface area (Å²) < 4.78 is 7.19. The summed E-state index contributed by atoms with van der Waals surface area (Å²) in [6, 6.07) is 87.3. The van der Waals surface area contributed by atoms with Gasteiger partial charge in [0.25, 0.3) is 0 Å². The second-order valence-electron chi connectivity index (χ2n) is 17.7. The van der Waals surface area contributed by atoms with Gasteiger partial charge in [0.05, 0.1) is 11.4 Å². The molecule has 3 heteroatoms. The van der Waals surface area contributed by atoms with Crippen molar-refractivity contribution in [2.75, 3.05) is 9.80 Å². The Morgan fingerprint density at radius 2 is 0.773 bits per heavy atom. The molecule has 314 valence electrons. The molecule has 0 radical (unpaired) electrons. The molecule has 0 saturated carbocycles. The summed E-state index contributed by atoms with van der Waals surface area (Å²) in [6.45, 7) is 4.77. The molecule has 0 bridgehead atoms. The van der Waals surface area contributed by atoms with E-state index in [9.17, 15) is 0 Å². The van der Waals surface area contributed by atoms with Crippen LogP contribution in [0.2, 0.25) is 0 Å². The van der Waals surface area contributed by atoms with Gasteiger partial charge < -0.3 is 14.2 Å². The van der Waals surface area contributed by atoms with Crippen molar-refractivity contribution in [3.05, 3.63) is 254 Å². The highest BCUT2D eigenvalue weighted by molar-refractivity contribution is 6.16. The highest BCUT2D eigenvalue weighted by Crippen LogP contribution is 2.58. The third-order valence-corrected chi connectivity index (χ3v) is 13.4. The van der Waals surface area contributed by atoms with Gasteiger partial charge >= 0.3 is 0 Å². The van der Waals surface area contributed by atoms with E-state index in [2.05, 4.69) is 266 Å². The molecule has 0 atom stereocenters. The lowest BCUT2D eigenvalue weighted by atomic mass is 9.81. The van der Waals surface area contributed by atoms with Crippen LogP contribution < -0.4 is 9.80 Å². The van der Waals surface area contributed by atoms with Crippen molar-refractivity contribution in [2.45, 2.75) is 19.3 Å². The molecule has 10 aromatic carbocycles. The lowest BCUT2D eigenvalue weighted by molar-refractivity contribution is 0.661. The third-order valence-electron chi connectivity index (χ3n) is 13.4. The Labute approximate surface area is 386 Å². The second-order valence-corrected chi connectivity index (χ2v) is 17.7. The maximum atomic E-state index is 7.19. The minimum Gasteiger partial charge on any atom is -0.455 e. The molecular formula is C63H46N2O. The number of para-hydroxylation sites is 3. The van der Waals surface area contributed by atoms with Crippen molar-refractivity contribution in [3.63, 3.8) is 0 Å². The Morgan fingerprint density at radius 1 is 0.333 bits per heavy atom. The highest BCUT2D eigenvalue weighted by atomic mass is 16.3. The third kappa shape index (κ3) is 6.51. The van der Waals surface area contributed by atoms with Crippen molar-refractivity contribution in [1.82, 2.24) is 0 Å². The first-order chi connectivity index (χ1) is 32.5. The van der Waals surface area contributed by atoms with Gasteiger partial charge in [0.2, 0.25) is 0 Å². The van der Waals surface area contributed by atoms with Crippen molar-refractivity contribution < 1.29 is 4.42 Å². The van der Waals surface area contributed by atoms with Crippen LogP contribution >= 0.6 is 0 Å². The number of nitrogens with zero attached hydrogens (tertiary/aromatic N) is 2. The quantitative estimate of drug-likeness (QED) is 0.144. The molecule has 66 heavy (non-hydrogen) atoms. The van der Waals surface area contributed by atoms with Gasteiger partial charge in [-0.2, -0.15) is 0 Å². The molecule has 0 fully saturated rings. The fourth-order valence-corrected chi connectivity index (χ4v) is 10.4. The van der Waals surface area contributed by atoms with E-state index in [1.54, 1.807) is 0 Å². The summed E-state index contributed by atoms with van der Waals surface area (Å²) in [5, 5.41) is 2.14. The standard InChI is InChI=1S/C63H46N2O/c1-63(2)56-36-22-37-57(59(56)51-35-21-38-58(60(51)63)64(47-29-15-6-16-30-47)48-31-17-7-18-32-48)65(49-33-19-8-20-34-49)50-41-53(45-27-13-5-14-28-45)62-55(42-50)54-40-46(43-23-9-3-10-24-43)39-52(61(54)66-62)44-25-11-4-12-26-44/h3-42H,1-2H3. The van der Waals surface area contributed by atoms with Crippen molar-refractivity contribution in [2.24, 2.45) is 0 Å². The normalized spacial score (nSPS) is 12.5. The predicted octanol–water partition coefficient (Wildman–Crippen LogP) is 17.8. The predicted molar refractivity (Wildman–Crippen MR) is 277 cm³/mol. The molecule has 0 unspecified atom stereocenters. The van der Waals surface area contributed by atoms with Crippen molar-refractivity contribution >= 4 is 56.1 Å².